The van der Waals surface area contributed by atoms with Gasteiger partial charge < -0.3 is 10.3 Å². The smallest absolute Gasteiger partial charge is 0.266 e. The van der Waals surface area contributed by atoms with E-state index in [0.717, 1.165) is 39.5 Å². The van der Waals surface area contributed by atoms with E-state index >= 15 is 0 Å². The van der Waals surface area contributed by atoms with Crippen LogP contribution in [0.3, 0.4) is 0 Å². The second-order valence-electron chi connectivity index (χ2n) is 16.8. The third kappa shape index (κ3) is 9.20. The number of hydrogen-bond donors (Lipinski definition) is 3. The summed E-state index contributed by atoms with van der Waals surface area (Å²) in [6, 6.07) is 31.7. The van der Waals surface area contributed by atoms with Gasteiger partial charge in [-0.1, -0.05) is 108 Å². The van der Waals surface area contributed by atoms with Gasteiger partial charge in [-0.3, -0.25) is 9.35 Å². The summed E-state index contributed by atoms with van der Waals surface area (Å²) in [5.74, 6) is 1.25. The van der Waals surface area contributed by atoms with Gasteiger partial charge in [-0.2, -0.15) is 8.42 Å². The van der Waals surface area contributed by atoms with Crippen LogP contribution in [0.2, 0.25) is 0 Å². The zero-order valence-electron chi connectivity index (χ0n) is 31.4. The molecular weight excluding hydrogens is 667 g/mol. The van der Waals surface area contributed by atoms with Crippen molar-refractivity contribution in [1.82, 2.24) is 15.3 Å². The first-order valence-corrected chi connectivity index (χ1v) is 20.2. The molecule has 5 aromatic rings. The topological polar surface area (TPSA) is 112 Å². The first-order valence-electron chi connectivity index (χ1n) is 18.6. The Balaban J connectivity index is 1.26. The maximum Gasteiger partial charge on any atom is 0.266 e. The molecule has 0 bridgehead atoms. The molecule has 1 heterocycles. The quantitative estimate of drug-likeness (QED) is 0.124. The minimum Gasteiger partial charge on any atom is -0.351 e. The molecule has 1 fully saturated rings. The number of hydrogen-bond acceptors (Lipinski definition) is 4. The molecule has 3 N–H and O–H groups in total. The van der Waals surface area contributed by atoms with E-state index in [1.165, 1.54) is 42.4 Å². The first kappa shape index (κ1) is 37.5. The van der Waals surface area contributed by atoms with Crippen molar-refractivity contribution in [2.24, 2.45) is 11.3 Å². The monoisotopic (exact) mass is 719 g/mol. The lowest BCUT2D eigenvalue weighted by Crippen LogP contribution is -2.28. The van der Waals surface area contributed by atoms with Crippen LogP contribution in [0, 0.1) is 11.3 Å². The molecule has 0 radical (unpaired) electrons. The molecule has 1 unspecified atom stereocenters. The Hall–Kier alpha value is -4.27. The summed E-state index contributed by atoms with van der Waals surface area (Å²) in [7, 11) is -4.15. The third-order valence-corrected chi connectivity index (χ3v) is 11.7. The lowest BCUT2D eigenvalue weighted by Gasteiger charge is -2.37. The predicted molar refractivity (Wildman–Crippen MR) is 212 cm³/mol. The highest BCUT2D eigenvalue weighted by Gasteiger charge is 2.30. The Labute approximate surface area is 309 Å². The van der Waals surface area contributed by atoms with Crippen LogP contribution in [0.15, 0.2) is 91.0 Å². The van der Waals surface area contributed by atoms with Crippen LogP contribution in [-0.4, -0.2) is 41.1 Å². The number of fused-ring (bicyclic) bond motifs is 1. The Morgan fingerprint density at radius 1 is 0.846 bits per heavy atom. The Bertz CT molecular complexity index is 2100. The SMILES string of the molecule is CC(C)(C)c1ccc(-c2ccc(C(Cc3ccc(C(=O)NCCS(=O)(=O)O)cc3)c3nc4cc(C5CCC(C(C)(C)C)CC5)ccc4[nH]3)cc2)cc1. The number of carbonyl (C=O) groups excluding carboxylic acids is 1. The van der Waals surface area contributed by atoms with Crippen molar-refractivity contribution >= 4 is 27.1 Å². The minimum absolute atomic E-state index is 0.0650. The second kappa shape index (κ2) is 15.0. The summed E-state index contributed by atoms with van der Waals surface area (Å²) >= 11 is 0. The molecule has 1 aliphatic rings. The number of nitrogens with zero attached hydrogens (tertiary/aromatic N) is 1. The Kier molecular flexibility index (Phi) is 10.8. The highest BCUT2D eigenvalue weighted by Crippen LogP contribution is 2.43. The van der Waals surface area contributed by atoms with Gasteiger partial charge in [-0.05, 0) is 112 Å². The lowest BCUT2D eigenvalue weighted by atomic mass is 9.69. The molecule has 4 aromatic carbocycles. The van der Waals surface area contributed by atoms with Crippen LogP contribution in [0.25, 0.3) is 22.2 Å². The average Bonchev–Trinajstić information content (AvgIpc) is 3.53. The van der Waals surface area contributed by atoms with E-state index in [1.54, 1.807) is 12.1 Å². The van der Waals surface area contributed by atoms with Crippen LogP contribution in [-0.2, 0) is 22.0 Å². The van der Waals surface area contributed by atoms with Gasteiger partial charge in [-0.25, -0.2) is 4.98 Å². The van der Waals surface area contributed by atoms with Gasteiger partial charge >= 0.3 is 0 Å². The molecule has 1 saturated carbocycles. The molecule has 274 valence electrons. The maximum absolute atomic E-state index is 12.6. The summed E-state index contributed by atoms with van der Waals surface area (Å²) in [6.45, 7) is 13.6. The van der Waals surface area contributed by atoms with Gasteiger partial charge in [0.1, 0.15) is 5.82 Å². The molecule has 52 heavy (non-hydrogen) atoms. The largest absolute Gasteiger partial charge is 0.351 e. The highest BCUT2D eigenvalue weighted by molar-refractivity contribution is 7.85. The zero-order chi connectivity index (χ0) is 37.3. The summed E-state index contributed by atoms with van der Waals surface area (Å²) in [5.41, 5.74) is 10.1. The van der Waals surface area contributed by atoms with Gasteiger partial charge in [0.05, 0.1) is 16.8 Å². The Morgan fingerprint density at radius 3 is 2.04 bits per heavy atom. The van der Waals surface area contributed by atoms with Crippen LogP contribution < -0.4 is 5.32 Å². The van der Waals surface area contributed by atoms with Gasteiger partial charge in [-0.15, -0.1) is 0 Å². The van der Waals surface area contributed by atoms with Crippen molar-refractivity contribution in [3.8, 4) is 11.1 Å². The number of aromatic amines is 1. The summed E-state index contributed by atoms with van der Waals surface area (Å²) in [4.78, 5) is 21.5. The van der Waals surface area contributed by atoms with Crippen LogP contribution in [0.5, 0.6) is 0 Å². The van der Waals surface area contributed by atoms with Crippen LogP contribution in [0.1, 0.15) is 117 Å². The van der Waals surface area contributed by atoms with Crippen molar-refractivity contribution in [3.05, 3.63) is 125 Å². The van der Waals surface area contributed by atoms with E-state index in [-0.39, 0.29) is 17.9 Å². The molecular formula is C44H53N3O4S. The fourth-order valence-electron chi connectivity index (χ4n) is 7.62. The molecule has 1 amide bonds. The summed E-state index contributed by atoms with van der Waals surface area (Å²) in [5, 5.41) is 2.55. The number of nitrogens with one attached hydrogen (secondary N) is 2. The van der Waals surface area contributed by atoms with E-state index in [1.807, 2.05) is 12.1 Å². The molecule has 0 spiro atoms. The molecule has 7 nitrogen and oxygen atoms in total. The van der Waals surface area contributed by atoms with Crippen molar-refractivity contribution < 1.29 is 17.8 Å². The van der Waals surface area contributed by atoms with E-state index in [9.17, 15) is 13.2 Å². The van der Waals surface area contributed by atoms with Crippen LogP contribution in [0.4, 0.5) is 0 Å². The van der Waals surface area contributed by atoms with Gasteiger partial charge in [0.15, 0.2) is 0 Å². The lowest BCUT2D eigenvalue weighted by molar-refractivity contribution is 0.0956. The standard InChI is InChI=1S/C44H53N3O4S/c1-43(2,3)36-20-15-31(16-21-36)30-11-13-33(14-12-30)38(27-29-7-9-34(10-8-29)42(48)45-25-26-52(49,50)51)41-46-39-24-19-35(28-40(39)47-41)32-17-22-37(23-18-32)44(4,5)6/h7-16,19-21,24,28,32,37-38H,17-18,22-23,25-27H2,1-6H3,(H,45,48)(H,46,47)(H,49,50,51). The molecule has 1 atom stereocenters. The highest BCUT2D eigenvalue weighted by atomic mass is 32.2. The third-order valence-electron chi connectivity index (χ3n) is 11.0. The van der Waals surface area contributed by atoms with E-state index in [2.05, 4.69) is 119 Å². The van der Waals surface area contributed by atoms with Gasteiger partial charge in [0.2, 0.25) is 0 Å². The maximum atomic E-state index is 12.6. The molecule has 1 aliphatic carbocycles. The first-order chi connectivity index (χ1) is 24.5. The summed E-state index contributed by atoms with van der Waals surface area (Å²) < 4.78 is 31.1. The molecule has 6 rings (SSSR count). The van der Waals surface area contributed by atoms with Crippen molar-refractivity contribution in [1.29, 1.82) is 0 Å². The van der Waals surface area contributed by atoms with Crippen LogP contribution >= 0.6 is 0 Å². The van der Waals surface area contributed by atoms with Gasteiger partial charge in [0.25, 0.3) is 16.0 Å². The fraction of sp³-hybridized carbons (Fsp3) is 0.409. The summed E-state index contributed by atoms with van der Waals surface area (Å²) in [6.07, 6.45) is 5.62. The van der Waals surface area contributed by atoms with Crippen molar-refractivity contribution in [2.75, 3.05) is 12.3 Å². The Morgan fingerprint density at radius 2 is 1.46 bits per heavy atom. The minimum atomic E-state index is -4.15. The molecule has 0 aliphatic heterocycles. The van der Waals surface area contributed by atoms with Gasteiger partial charge in [0, 0.05) is 18.0 Å². The number of rotatable bonds is 10. The van der Waals surface area contributed by atoms with Crippen molar-refractivity contribution in [2.45, 2.75) is 90.9 Å². The molecule has 8 heteroatoms. The number of amides is 1. The fourth-order valence-corrected chi connectivity index (χ4v) is 7.98. The normalized spacial score (nSPS) is 17.6. The predicted octanol–water partition coefficient (Wildman–Crippen LogP) is 9.84. The van der Waals surface area contributed by atoms with E-state index in [0.29, 0.717) is 23.3 Å². The number of carbonyl (C=O) groups is 1. The number of imidazole rings is 1. The zero-order valence-corrected chi connectivity index (χ0v) is 32.2. The second-order valence-corrected chi connectivity index (χ2v) is 18.3. The van der Waals surface area contributed by atoms with E-state index in [4.69, 9.17) is 9.54 Å². The number of benzene rings is 4. The van der Waals surface area contributed by atoms with E-state index < -0.39 is 21.8 Å². The molecule has 1 aromatic heterocycles. The average molecular weight is 720 g/mol. The van der Waals surface area contributed by atoms with Crippen molar-refractivity contribution in [3.63, 3.8) is 0 Å². The number of aromatic nitrogens is 2. The number of H-pyrrole nitrogens is 1. The molecule has 0 saturated heterocycles.